The molecular formula is C26H27N5O6S2. The molecule has 0 saturated heterocycles. The van der Waals surface area contributed by atoms with E-state index in [2.05, 4.69) is 0 Å². The van der Waals surface area contributed by atoms with Gasteiger partial charge in [-0.15, -0.1) is 0 Å². The van der Waals surface area contributed by atoms with Crippen LogP contribution in [0.2, 0.25) is 0 Å². The third-order valence-electron chi connectivity index (χ3n) is 5.52. The molecule has 5 rings (SSSR count). The van der Waals surface area contributed by atoms with Crippen LogP contribution in [0.5, 0.6) is 0 Å². The summed E-state index contributed by atoms with van der Waals surface area (Å²) in [7, 11) is -8.38. The van der Waals surface area contributed by atoms with Gasteiger partial charge in [-0.05, 0) is 54.6 Å². The van der Waals surface area contributed by atoms with Crippen LogP contribution in [0.25, 0.3) is 21.5 Å². The fourth-order valence-electron chi connectivity index (χ4n) is 3.62. The lowest BCUT2D eigenvalue weighted by atomic mass is 10.1. The first-order valence-corrected chi connectivity index (χ1v) is 14.0. The summed E-state index contributed by atoms with van der Waals surface area (Å²) >= 11 is 0. The topological polar surface area (TPSA) is 239 Å². The van der Waals surface area contributed by atoms with E-state index in [-0.39, 0.29) is 20.9 Å². The van der Waals surface area contributed by atoms with Crippen molar-refractivity contribution in [1.29, 1.82) is 0 Å². The number of nitrogen functional groups attached to an aromatic ring is 5. The summed E-state index contributed by atoms with van der Waals surface area (Å²) in [6.07, 6.45) is 0. The van der Waals surface area contributed by atoms with Crippen molar-refractivity contribution in [2.24, 2.45) is 0 Å². The van der Waals surface area contributed by atoms with Crippen molar-refractivity contribution in [2.45, 2.75) is 9.79 Å². The van der Waals surface area contributed by atoms with Crippen LogP contribution < -0.4 is 28.7 Å². The average Bonchev–Trinajstić information content (AvgIpc) is 2.88. The van der Waals surface area contributed by atoms with Crippen LogP contribution in [0.15, 0.2) is 101 Å². The Bertz CT molecular complexity index is 1820. The Balaban J connectivity index is 0.000000165. The molecule has 0 aliphatic rings. The molecule has 0 aliphatic carbocycles. The Kier molecular flexibility index (Phi) is 8.51. The molecule has 0 amide bonds. The summed E-state index contributed by atoms with van der Waals surface area (Å²) in [5.74, 6) is 0. The van der Waals surface area contributed by atoms with Crippen molar-refractivity contribution < 1.29 is 25.9 Å². The Labute approximate surface area is 225 Å². The smallest absolute Gasteiger partial charge is 0.295 e. The first-order chi connectivity index (χ1) is 18.2. The lowest BCUT2D eigenvalue weighted by molar-refractivity contribution is 0.481. The van der Waals surface area contributed by atoms with Crippen LogP contribution in [0.1, 0.15) is 0 Å². The number of nitrogens with two attached hydrogens (primary N) is 5. The van der Waals surface area contributed by atoms with Crippen LogP contribution in [-0.4, -0.2) is 25.9 Å². The second-order valence-electron chi connectivity index (χ2n) is 8.23. The highest BCUT2D eigenvalue weighted by Crippen LogP contribution is 2.31. The van der Waals surface area contributed by atoms with E-state index in [0.717, 1.165) is 22.1 Å². The van der Waals surface area contributed by atoms with Crippen molar-refractivity contribution in [3.63, 3.8) is 0 Å². The third-order valence-corrected chi connectivity index (χ3v) is 7.28. The highest BCUT2D eigenvalue weighted by atomic mass is 32.2. The molecule has 39 heavy (non-hydrogen) atoms. The van der Waals surface area contributed by atoms with E-state index in [0.29, 0.717) is 16.8 Å². The number of benzene rings is 5. The first-order valence-electron chi connectivity index (χ1n) is 11.1. The van der Waals surface area contributed by atoms with Crippen molar-refractivity contribution in [2.75, 3.05) is 28.7 Å². The van der Waals surface area contributed by atoms with E-state index in [1.165, 1.54) is 42.5 Å². The number of anilines is 5. The number of hydrogen-bond acceptors (Lipinski definition) is 9. The van der Waals surface area contributed by atoms with Crippen molar-refractivity contribution in [1.82, 2.24) is 0 Å². The largest absolute Gasteiger partial charge is 0.399 e. The fourth-order valence-corrected chi connectivity index (χ4v) is 4.84. The summed E-state index contributed by atoms with van der Waals surface area (Å²) in [6, 6.07) is 24.3. The van der Waals surface area contributed by atoms with Crippen molar-refractivity contribution >= 4 is 70.2 Å². The van der Waals surface area contributed by atoms with E-state index in [4.69, 9.17) is 37.8 Å². The molecule has 0 spiro atoms. The zero-order valence-corrected chi connectivity index (χ0v) is 22.0. The summed E-state index contributed by atoms with van der Waals surface area (Å²) in [5.41, 5.74) is 30.9. The molecule has 0 fully saturated rings. The van der Waals surface area contributed by atoms with Crippen molar-refractivity contribution in [3.05, 3.63) is 91.0 Å². The molecule has 5 aromatic carbocycles. The minimum Gasteiger partial charge on any atom is -0.399 e. The van der Waals surface area contributed by atoms with E-state index in [1.54, 1.807) is 12.1 Å². The van der Waals surface area contributed by atoms with E-state index in [9.17, 15) is 16.8 Å². The molecule has 5 aromatic rings. The quantitative estimate of drug-likeness (QED) is 0.119. The van der Waals surface area contributed by atoms with Crippen LogP contribution in [0.3, 0.4) is 0 Å². The van der Waals surface area contributed by atoms with E-state index >= 15 is 0 Å². The van der Waals surface area contributed by atoms with Gasteiger partial charge in [0.05, 0.1) is 4.90 Å². The highest BCUT2D eigenvalue weighted by molar-refractivity contribution is 7.86. The zero-order valence-electron chi connectivity index (χ0n) is 20.4. The Morgan fingerprint density at radius 3 is 1.36 bits per heavy atom. The molecule has 12 N–H and O–H groups in total. The zero-order chi connectivity index (χ0) is 29.0. The van der Waals surface area contributed by atoms with Crippen LogP contribution in [0.4, 0.5) is 28.4 Å². The molecule has 11 nitrogen and oxygen atoms in total. The van der Waals surface area contributed by atoms with Gasteiger partial charge < -0.3 is 28.7 Å². The maximum atomic E-state index is 11.2. The second-order valence-corrected chi connectivity index (χ2v) is 11.0. The summed E-state index contributed by atoms with van der Waals surface area (Å²) < 4.78 is 60.8. The minimum atomic E-state index is -4.30. The SMILES string of the molecule is Nc1ccc(N)c2c(S(=O)(=O)O)cccc12.Nc1ccc(N)c2ccccc12.Nc1ccc(S(=O)(=O)O)cc1. The number of fused-ring (bicyclic) bond motifs is 2. The van der Waals surface area contributed by atoms with Crippen LogP contribution in [-0.2, 0) is 20.2 Å². The van der Waals surface area contributed by atoms with E-state index < -0.39 is 20.2 Å². The van der Waals surface area contributed by atoms with E-state index in [1.807, 2.05) is 36.4 Å². The first kappa shape index (κ1) is 29.0. The lowest BCUT2D eigenvalue weighted by Crippen LogP contribution is -2.02. The fraction of sp³-hybridized carbons (Fsp3) is 0. The Hall–Kier alpha value is -4.56. The number of rotatable bonds is 2. The van der Waals surface area contributed by atoms with Gasteiger partial charge in [-0.2, -0.15) is 16.8 Å². The normalized spacial score (nSPS) is 11.2. The van der Waals surface area contributed by atoms with Gasteiger partial charge in [0.25, 0.3) is 20.2 Å². The molecule has 0 aliphatic heterocycles. The van der Waals surface area contributed by atoms with Gasteiger partial charge in [-0.1, -0.05) is 36.4 Å². The predicted octanol–water partition coefficient (Wildman–Crippen LogP) is 3.77. The maximum absolute atomic E-state index is 11.2. The maximum Gasteiger partial charge on any atom is 0.295 e. The molecule has 0 radical (unpaired) electrons. The molecular weight excluding hydrogens is 542 g/mol. The predicted molar refractivity (Wildman–Crippen MR) is 156 cm³/mol. The Morgan fingerprint density at radius 2 is 0.897 bits per heavy atom. The highest BCUT2D eigenvalue weighted by Gasteiger charge is 2.16. The molecule has 0 aromatic heterocycles. The molecule has 0 saturated carbocycles. The van der Waals surface area contributed by atoms with Crippen LogP contribution >= 0.6 is 0 Å². The molecule has 0 bridgehead atoms. The van der Waals surface area contributed by atoms with Crippen molar-refractivity contribution in [3.8, 4) is 0 Å². The number of hydrogen-bond donors (Lipinski definition) is 7. The molecule has 13 heteroatoms. The molecule has 0 heterocycles. The van der Waals surface area contributed by atoms with Gasteiger partial charge >= 0.3 is 0 Å². The summed E-state index contributed by atoms with van der Waals surface area (Å²) in [5, 5.41) is 2.81. The summed E-state index contributed by atoms with van der Waals surface area (Å²) in [6.45, 7) is 0. The molecule has 0 atom stereocenters. The lowest BCUT2D eigenvalue weighted by Gasteiger charge is -2.08. The van der Waals surface area contributed by atoms with Crippen LogP contribution in [0, 0.1) is 0 Å². The van der Waals surface area contributed by atoms with Gasteiger partial charge in [0.2, 0.25) is 0 Å². The minimum absolute atomic E-state index is 0.147. The third kappa shape index (κ3) is 7.06. The second kappa shape index (κ2) is 11.4. The van der Waals surface area contributed by atoms with Gasteiger partial charge in [-0.25, -0.2) is 0 Å². The summed E-state index contributed by atoms with van der Waals surface area (Å²) in [4.78, 5) is -0.374. The van der Waals surface area contributed by atoms with Gasteiger partial charge in [-0.3, -0.25) is 9.11 Å². The average molecular weight is 570 g/mol. The molecule has 0 unspecified atom stereocenters. The Morgan fingerprint density at radius 1 is 0.462 bits per heavy atom. The monoisotopic (exact) mass is 569 g/mol. The molecule has 204 valence electrons. The van der Waals surface area contributed by atoms with Gasteiger partial charge in [0.15, 0.2) is 0 Å². The standard InChI is InChI=1S/C10H10N2O3S.C10H10N2.C6H7NO3S/c11-7-4-5-8(12)10-6(7)2-1-3-9(10)16(13,14)15;11-9-5-6-10(12)8-4-2-1-3-7(8)9;7-5-1-3-6(4-2-5)11(8,9)10/h1-5H,11-12H2,(H,13,14,15);1-6H,11-12H2;1-4H,7H2,(H,8,9,10). The van der Waals surface area contributed by atoms with Gasteiger partial charge in [0.1, 0.15) is 4.90 Å². The van der Waals surface area contributed by atoms with Gasteiger partial charge in [0, 0.05) is 50.0 Å².